The van der Waals surface area contributed by atoms with Crippen molar-refractivity contribution in [3.8, 4) is 5.75 Å². The van der Waals surface area contributed by atoms with E-state index in [1.165, 1.54) is 12.1 Å². The number of nitrogens with two attached hydrogens (primary N) is 1. The Morgan fingerprint density at radius 3 is 2.67 bits per heavy atom. The van der Waals surface area contributed by atoms with Crippen LogP contribution in [0.25, 0.3) is 0 Å². The van der Waals surface area contributed by atoms with E-state index in [0.29, 0.717) is 0 Å². The van der Waals surface area contributed by atoms with Gasteiger partial charge in [0.05, 0.1) is 24.4 Å². The summed E-state index contributed by atoms with van der Waals surface area (Å²) in [7, 11) is -3.89. The molecule has 0 bridgehead atoms. The van der Waals surface area contributed by atoms with Gasteiger partial charge >= 0.3 is 5.97 Å². The number of rotatable bonds is 5. The highest BCUT2D eigenvalue weighted by atomic mass is 32.2. The lowest BCUT2D eigenvalue weighted by Gasteiger charge is -2.34. The highest BCUT2D eigenvalue weighted by Crippen LogP contribution is 2.35. The summed E-state index contributed by atoms with van der Waals surface area (Å²) in [6, 6.07) is 6.28. The third kappa shape index (κ3) is 3.24. The van der Waals surface area contributed by atoms with Crippen LogP contribution in [0.4, 0.5) is 5.69 Å². The Morgan fingerprint density at radius 1 is 1.38 bits per heavy atom. The number of amides is 1. The van der Waals surface area contributed by atoms with Crippen molar-refractivity contribution in [2.24, 2.45) is 5.73 Å². The second kappa shape index (κ2) is 5.60. The number of primary amides is 1. The average molecular weight is 314 g/mol. The summed E-state index contributed by atoms with van der Waals surface area (Å²) in [4.78, 5) is 21.8. The highest BCUT2D eigenvalue weighted by Gasteiger charge is 2.35. The quantitative estimate of drug-likeness (QED) is 0.757. The van der Waals surface area contributed by atoms with Gasteiger partial charge in [0.15, 0.2) is 6.10 Å². The summed E-state index contributed by atoms with van der Waals surface area (Å²) < 4.78 is 30.9. The molecule has 1 aliphatic heterocycles. The molecule has 9 heteroatoms. The summed E-state index contributed by atoms with van der Waals surface area (Å²) in [5.74, 6) is -2.36. The van der Waals surface area contributed by atoms with E-state index >= 15 is 0 Å². The van der Waals surface area contributed by atoms with Crippen LogP contribution in [0.3, 0.4) is 0 Å². The van der Waals surface area contributed by atoms with Crippen molar-refractivity contribution in [1.29, 1.82) is 0 Å². The molecule has 2 rings (SSSR count). The van der Waals surface area contributed by atoms with E-state index in [1.54, 1.807) is 12.1 Å². The van der Waals surface area contributed by atoms with Gasteiger partial charge in [-0.15, -0.1) is 0 Å². The van der Waals surface area contributed by atoms with E-state index in [-0.39, 0.29) is 18.0 Å². The molecule has 0 fully saturated rings. The zero-order chi connectivity index (χ0) is 15.6. The minimum atomic E-state index is -3.89. The number of anilines is 1. The van der Waals surface area contributed by atoms with Gasteiger partial charge in [-0.3, -0.25) is 13.9 Å². The lowest BCUT2D eigenvalue weighted by molar-refractivity contribution is -0.136. The van der Waals surface area contributed by atoms with Gasteiger partial charge in [-0.25, -0.2) is 8.42 Å². The van der Waals surface area contributed by atoms with Gasteiger partial charge in [-0.05, 0) is 12.1 Å². The number of ether oxygens (including phenoxy) is 1. The van der Waals surface area contributed by atoms with Crippen LogP contribution in [0, 0.1) is 0 Å². The molecule has 1 unspecified atom stereocenters. The van der Waals surface area contributed by atoms with Gasteiger partial charge in [0.1, 0.15) is 5.75 Å². The molecule has 8 nitrogen and oxygen atoms in total. The van der Waals surface area contributed by atoms with Gasteiger partial charge in [-0.1, -0.05) is 12.1 Å². The van der Waals surface area contributed by atoms with Crippen molar-refractivity contribution < 1.29 is 27.9 Å². The Labute approximate surface area is 121 Å². The summed E-state index contributed by atoms with van der Waals surface area (Å²) in [5.41, 5.74) is 5.44. The summed E-state index contributed by atoms with van der Waals surface area (Å²) >= 11 is 0. The van der Waals surface area contributed by atoms with Crippen molar-refractivity contribution in [2.75, 3.05) is 16.6 Å². The standard InChI is InChI=1S/C12H14N2O6S/c13-12(17)10-7-14(21(18,19)6-5-11(15)16)8-3-1-2-4-9(8)20-10/h1-4,10H,5-7H2,(H2,13,17)(H,15,16). The van der Waals surface area contributed by atoms with Gasteiger partial charge in [0, 0.05) is 0 Å². The molecule has 1 atom stereocenters. The number of hydrogen-bond acceptors (Lipinski definition) is 5. The lowest BCUT2D eigenvalue weighted by atomic mass is 10.2. The zero-order valence-corrected chi connectivity index (χ0v) is 11.7. The molecule has 1 aromatic carbocycles. The van der Waals surface area contributed by atoms with Crippen LogP contribution in [0.1, 0.15) is 6.42 Å². The first-order chi connectivity index (χ1) is 9.81. The molecule has 1 aromatic rings. The summed E-state index contributed by atoms with van der Waals surface area (Å²) in [6.45, 7) is -0.270. The molecule has 1 aliphatic rings. The van der Waals surface area contributed by atoms with E-state index < -0.39 is 40.2 Å². The van der Waals surface area contributed by atoms with Crippen LogP contribution in [0.5, 0.6) is 5.75 Å². The van der Waals surface area contributed by atoms with Crippen LogP contribution in [-0.4, -0.2) is 43.8 Å². The van der Waals surface area contributed by atoms with Crippen molar-refractivity contribution in [3.05, 3.63) is 24.3 Å². The molecular weight excluding hydrogens is 300 g/mol. The van der Waals surface area contributed by atoms with E-state index in [9.17, 15) is 18.0 Å². The van der Waals surface area contributed by atoms with Crippen LogP contribution >= 0.6 is 0 Å². The largest absolute Gasteiger partial charge is 0.481 e. The molecule has 0 saturated heterocycles. The maximum Gasteiger partial charge on any atom is 0.304 e. The third-order valence-electron chi connectivity index (χ3n) is 2.96. The number of aliphatic carboxylic acids is 1. The number of carboxylic acids is 1. The topological polar surface area (TPSA) is 127 Å². The predicted octanol–water partition coefficient (Wildman–Crippen LogP) is -0.456. The average Bonchev–Trinajstić information content (AvgIpc) is 2.44. The summed E-state index contributed by atoms with van der Waals surface area (Å²) in [5, 5.41) is 8.63. The van der Waals surface area contributed by atoms with Crippen molar-refractivity contribution in [3.63, 3.8) is 0 Å². The SMILES string of the molecule is NC(=O)C1CN(S(=O)(=O)CCC(=O)O)c2ccccc2O1. The molecule has 1 amide bonds. The normalized spacial score (nSPS) is 17.7. The number of sulfonamides is 1. The van der Waals surface area contributed by atoms with Gasteiger partial charge in [0.2, 0.25) is 10.0 Å². The molecule has 0 spiro atoms. The second-order valence-electron chi connectivity index (χ2n) is 4.47. The number of hydrogen-bond donors (Lipinski definition) is 2. The lowest BCUT2D eigenvalue weighted by Crippen LogP contribution is -2.49. The Kier molecular flexibility index (Phi) is 4.03. The van der Waals surface area contributed by atoms with Crippen molar-refractivity contribution in [2.45, 2.75) is 12.5 Å². The van der Waals surface area contributed by atoms with Crippen LogP contribution < -0.4 is 14.8 Å². The highest BCUT2D eigenvalue weighted by molar-refractivity contribution is 7.92. The number of carbonyl (C=O) groups excluding carboxylic acids is 1. The zero-order valence-electron chi connectivity index (χ0n) is 10.9. The predicted molar refractivity (Wildman–Crippen MR) is 73.4 cm³/mol. The Hall–Kier alpha value is -2.29. The molecule has 0 aromatic heterocycles. The van der Waals surface area contributed by atoms with E-state index in [4.69, 9.17) is 15.6 Å². The molecule has 0 aliphatic carbocycles. The Bertz CT molecular complexity index is 672. The third-order valence-corrected chi connectivity index (χ3v) is 4.70. The first-order valence-electron chi connectivity index (χ1n) is 6.08. The first-order valence-corrected chi connectivity index (χ1v) is 7.69. The monoisotopic (exact) mass is 314 g/mol. The maximum absolute atomic E-state index is 12.3. The molecule has 0 saturated carbocycles. The number of nitrogens with zero attached hydrogens (tertiary/aromatic N) is 1. The number of carboxylic acid groups (broad SMARTS) is 1. The van der Waals surface area contributed by atoms with Crippen LogP contribution in [0.15, 0.2) is 24.3 Å². The molecule has 114 valence electrons. The molecular formula is C12H14N2O6S. The van der Waals surface area contributed by atoms with E-state index in [0.717, 1.165) is 4.31 Å². The van der Waals surface area contributed by atoms with E-state index in [2.05, 4.69) is 0 Å². The van der Waals surface area contributed by atoms with Gasteiger partial charge in [-0.2, -0.15) is 0 Å². The van der Waals surface area contributed by atoms with E-state index in [1.807, 2.05) is 0 Å². The number of fused-ring (bicyclic) bond motifs is 1. The number of para-hydroxylation sites is 2. The van der Waals surface area contributed by atoms with Gasteiger partial charge < -0.3 is 15.6 Å². The van der Waals surface area contributed by atoms with Crippen molar-refractivity contribution in [1.82, 2.24) is 0 Å². The molecule has 21 heavy (non-hydrogen) atoms. The molecule has 1 heterocycles. The number of benzene rings is 1. The number of carbonyl (C=O) groups is 2. The van der Waals surface area contributed by atoms with Crippen LogP contribution in [-0.2, 0) is 19.6 Å². The second-order valence-corrected chi connectivity index (χ2v) is 6.48. The fraction of sp³-hybridized carbons (Fsp3) is 0.333. The maximum atomic E-state index is 12.3. The first kappa shape index (κ1) is 15.1. The minimum absolute atomic E-state index is 0.214. The Balaban J connectivity index is 2.37. The van der Waals surface area contributed by atoms with Gasteiger partial charge in [0.25, 0.3) is 5.91 Å². The smallest absolute Gasteiger partial charge is 0.304 e. The van der Waals surface area contributed by atoms with Crippen LogP contribution in [0.2, 0.25) is 0 Å². The fourth-order valence-corrected chi connectivity index (χ4v) is 3.41. The summed E-state index contributed by atoms with van der Waals surface area (Å²) in [6.07, 6.45) is -1.64. The molecule has 0 radical (unpaired) electrons. The Morgan fingerprint density at radius 2 is 2.05 bits per heavy atom. The minimum Gasteiger partial charge on any atom is -0.481 e. The van der Waals surface area contributed by atoms with Crippen molar-refractivity contribution >= 4 is 27.6 Å². The fourth-order valence-electron chi connectivity index (χ4n) is 1.94. The molecule has 3 N–H and O–H groups in total.